The van der Waals surface area contributed by atoms with Gasteiger partial charge in [-0.15, -0.1) is 12.4 Å². The van der Waals surface area contributed by atoms with E-state index in [2.05, 4.69) is 17.6 Å². The van der Waals surface area contributed by atoms with E-state index < -0.39 is 0 Å². The second-order valence-corrected chi connectivity index (χ2v) is 6.72. The van der Waals surface area contributed by atoms with E-state index in [1.807, 2.05) is 4.90 Å². The summed E-state index contributed by atoms with van der Waals surface area (Å²) in [7, 11) is 0. The van der Waals surface area contributed by atoms with Gasteiger partial charge in [0, 0.05) is 25.6 Å². The summed E-state index contributed by atoms with van der Waals surface area (Å²) in [5.41, 5.74) is 0. The highest BCUT2D eigenvalue weighted by atomic mass is 35.5. The van der Waals surface area contributed by atoms with Crippen molar-refractivity contribution >= 4 is 24.2 Å². The summed E-state index contributed by atoms with van der Waals surface area (Å²) in [6.07, 6.45) is 8.68. The number of carbonyl (C=O) groups is 2. The summed E-state index contributed by atoms with van der Waals surface area (Å²) in [5.74, 6) is 0.628. The molecule has 1 aliphatic heterocycles. The van der Waals surface area contributed by atoms with Crippen molar-refractivity contribution in [1.29, 1.82) is 0 Å². The van der Waals surface area contributed by atoms with Gasteiger partial charge >= 0.3 is 0 Å². The lowest BCUT2D eigenvalue weighted by Gasteiger charge is -2.28. The molecule has 1 saturated carbocycles. The second-order valence-electron chi connectivity index (χ2n) is 6.72. The molecule has 1 atom stereocenters. The van der Waals surface area contributed by atoms with E-state index in [4.69, 9.17) is 0 Å². The van der Waals surface area contributed by atoms with Gasteiger partial charge in [-0.3, -0.25) is 9.59 Å². The highest BCUT2D eigenvalue weighted by Crippen LogP contribution is 2.26. The first kappa shape index (κ1) is 20.2. The third-order valence-corrected chi connectivity index (χ3v) is 4.90. The van der Waals surface area contributed by atoms with Crippen LogP contribution < -0.4 is 10.6 Å². The van der Waals surface area contributed by atoms with E-state index in [1.54, 1.807) is 0 Å². The maximum absolute atomic E-state index is 12.4. The first-order valence-corrected chi connectivity index (χ1v) is 8.97. The van der Waals surface area contributed by atoms with Crippen LogP contribution in [0.15, 0.2) is 0 Å². The Hall–Kier alpha value is -0.810. The third-order valence-electron chi connectivity index (χ3n) is 4.90. The van der Waals surface area contributed by atoms with E-state index >= 15 is 0 Å². The number of nitrogens with zero attached hydrogens (tertiary/aromatic N) is 1. The van der Waals surface area contributed by atoms with E-state index in [1.165, 1.54) is 19.3 Å². The Labute approximate surface area is 146 Å². The topological polar surface area (TPSA) is 61.4 Å². The number of carbonyl (C=O) groups excluding carboxylic acids is 2. The molecule has 2 fully saturated rings. The molecule has 23 heavy (non-hydrogen) atoms. The lowest BCUT2D eigenvalue weighted by Crippen LogP contribution is -2.47. The average Bonchev–Trinajstić information content (AvgIpc) is 3.05. The molecular weight excluding hydrogens is 314 g/mol. The molecule has 0 radical (unpaired) electrons. The minimum absolute atomic E-state index is 0. The number of hydrogen-bond donors (Lipinski definition) is 2. The van der Waals surface area contributed by atoms with Crippen LogP contribution in [0.5, 0.6) is 0 Å². The summed E-state index contributed by atoms with van der Waals surface area (Å²) < 4.78 is 0. The van der Waals surface area contributed by atoms with Crippen molar-refractivity contribution in [3.63, 3.8) is 0 Å². The molecule has 0 aromatic rings. The van der Waals surface area contributed by atoms with Crippen molar-refractivity contribution in [2.75, 3.05) is 26.2 Å². The van der Waals surface area contributed by atoms with E-state index in [-0.39, 0.29) is 30.8 Å². The quantitative estimate of drug-likeness (QED) is 0.742. The number of hydrogen-bond acceptors (Lipinski definition) is 3. The highest BCUT2D eigenvalue weighted by molar-refractivity contribution is 5.85. The van der Waals surface area contributed by atoms with Gasteiger partial charge < -0.3 is 15.5 Å². The minimum atomic E-state index is 0. The van der Waals surface area contributed by atoms with Gasteiger partial charge in [0.2, 0.25) is 11.8 Å². The average molecular weight is 346 g/mol. The second kappa shape index (κ2) is 10.9. The highest BCUT2D eigenvalue weighted by Gasteiger charge is 2.26. The number of nitrogens with one attached hydrogen (secondary N) is 2. The van der Waals surface area contributed by atoms with Crippen molar-refractivity contribution in [2.24, 2.45) is 5.92 Å². The van der Waals surface area contributed by atoms with Crippen LogP contribution in [0.4, 0.5) is 0 Å². The van der Waals surface area contributed by atoms with Gasteiger partial charge in [0.1, 0.15) is 0 Å². The first-order valence-electron chi connectivity index (χ1n) is 8.97. The Balaban J connectivity index is 0.00000264. The molecule has 1 aliphatic carbocycles. The van der Waals surface area contributed by atoms with Crippen molar-refractivity contribution in [3.8, 4) is 0 Å². The summed E-state index contributed by atoms with van der Waals surface area (Å²) in [6.45, 7) is 4.88. The maximum Gasteiger partial charge on any atom is 0.242 e. The van der Waals surface area contributed by atoms with Gasteiger partial charge in [-0.25, -0.2) is 0 Å². The first-order chi connectivity index (χ1) is 10.7. The largest absolute Gasteiger partial charge is 0.347 e. The fourth-order valence-electron chi connectivity index (χ4n) is 3.66. The summed E-state index contributed by atoms with van der Waals surface area (Å²) in [5, 5.41) is 6.15. The molecule has 1 unspecified atom stereocenters. The normalized spacial score (nSPS) is 21.5. The van der Waals surface area contributed by atoms with Crippen molar-refractivity contribution in [2.45, 2.75) is 64.3 Å². The molecule has 134 valence electrons. The van der Waals surface area contributed by atoms with E-state index in [9.17, 15) is 9.59 Å². The summed E-state index contributed by atoms with van der Waals surface area (Å²) >= 11 is 0. The molecule has 5 nitrogen and oxygen atoms in total. The van der Waals surface area contributed by atoms with Gasteiger partial charge in [0.15, 0.2) is 0 Å². The fraction of sp³-hybridized carbons (Fsp3) is 0.882. The number of amides is 2. The van der Waals surface area contributed by atoms with Crippen LogP contribution >= 0.6 is 12.4 Å². The van der Waals surface area contributed by atoms with Crippen LogP contribution in [0.2, 0.25) is 0 Å². The van der Waals surface area contributed by atoms with Crippen LogP contribution in [0.3, 0.4) is 0 Å². The van der Waals surface area contributed by atoms with Gasteiger partial charge in [0.25, 0.3) is 0 Å². The zero-order chi connectivity index (χ0) is 15.8. The molecule has 0 spiro atoms. The van der Waals surface area contributed by atoms with Gasteiger partial charge in [0.05, 0.1) is 6.54 Å². The molecular formula is C17H32ClN3O2. The molecule has 0 bridgehead atoms. The molecule has 2 aliphatic rings. The molecule has 6 heteroatoms. The monoisotopic (exact) mass is 345 g/mol. The molecule has 1 heterocycles. The number of halogens is 1. The molecule has 0 aromatic carbocycles. The van der Waals surface area contributed by atoms with Crippen molar-refractivity contribution in [3.05, 3.63) is 0 Å². The Morgan fingerprint density at radius 2 is 1.91 bits per heavy atom. The van der Waals surface area contributed by atoms with Gasteiger partial charge in [-0.1, -0.05) is 26.2 Å². The zero-order valence-electron chi connectivity index (χ0n) is 14.3. The van der Waals surface area contributed by atoms with Crippen molar-refractivity contribution < 1.29 is 9.59 Å². The molecule has 2 rings (SSSR count). The Kier molecular flexibility index (Phi) is 9.56. The zero-order valence-corrected chi connectivity index (χ0v) is 15.1. The lowest BCUT2D eigenvalue weighted by atomic mass is 9.87. The molecule has 2 N–H and O–H groups in total. The lowest BCUT2D eigenvalue weighted by molar-refractivity contribution is -0.134. The predicted octanol–water partition coefficient (Wildman–Crippen LogP) is 2.10. The summed E-state index contributed by atoms with van der Waals surface area (Å²) in [4.78, 5) is 26.4. The van der Waals surface area contributed by atoms with Crippen LogP contribution in [0.1, 0.15) is 58.3 Å². The predicted molar refractivity (Wildman–Crippen MR) is 94.7 cm³/mol. The van der Waals surface area contributed by atoms with Gasteiger partial charge in [-0.05, 0) is 38.1 Å². The van der Waals surface area contributed by atoms with E-state index in [0.717, 1.165) is 45.3 Å². The van der Waals surface area contributed by atoms with Crippen molar-refractivity contribution in [1.82, 2.24) is 15.5 Å². The molecule has 1 saturated heterocycles. The summed E-state index contributed by atoms with van der Waals surface area (Å²) in [6, 6.07) is 0.294. The van der Waals surface area contributed by atoms with Crippen LogP contribution in [-0.4, -0.2) is 48.9 Å². The van der Waals surface area contributed by atoms with E-state index in [0.29, 0.717) is 18.4 Å². The fourth-order valence-corrected chi connectivity index (χ4v) is 3.66. The third kappa shape index (κ3) is 6.68. The Bertz CT molecular complexity index is 367. The standard InChI is InChI=1S/C17H31N3O2.ClH/c1-2-10-20(15-8-9-18-12-15)17(22)13-19-16(21)11-14-6-4-3-5-7-14;/h14-15,18H,2-13H2,1H3,(H,19,21);1H. The number of rotatable bonds is 7. The molecule has 0 aromatic heterocycles. The smallest absolute Gasteiger partial charge is 0.242 e. The van der Waals surface area contributed by atoms with Crippen LogP contribution in [-0.2, 0) is 9.59 Å². The molecule has 2 amide bonds. The van der Waals surface area contributed by atoms with Crippen LogP contribution in [0, 0.1) is 5.92 Å². The Morgan fingerprint density at radius 1 is 1.17 bits per heavy atom. The Morgan fingerprint density at radius 3 is 2.52 bits per heavy atom. The minimum Gasteiger partial charge on any atom is -0.347 e. The van der Waals surface area contributed by atoms with Crippen LogP contribution in [0.25, 0.3) is 0 Å². The van der Waals surface area contributed by atoms with Gasteiger partial charge in [-0.2, -0.15) is 0 Å². The SMILES string of the molecule is CCCN(C(=O)CNC(=O)CC1CCCCC1)C1CCNC1.Cl. The maximum atomic E-state index is 12.4.